The number of phenols is 1. The molecule has 2 aromatic carbocycles. The highest BCUT2D eigenvalue weighted by Gasteiger charge is 2.67. The van der Waals surface area contributed by atoms with Crippen molar-refractivity contribution >= 4 is 52.7 Å². The average molecular weight is 623 g/mol. The summed E-state index contributed by atoms with van der Waals surface area (Å²) in [5.74, 6) is -5.06. The molecule has 1 saturated carbocycles. The Morgan fingerprint density at radius 3 is 2.59 bits per heavy atom. The minimum absolute atomic E-state index is 0.000681. The van der Waals surface area contributed by atoms with Gasteiger partial charge in [0.05, 0.1) is 40.9 Å². The van der Waals surface area contributed by atoms with Gasteiger partial charge in [0.1, 0.15) is 0 Å². The Bertz CT molecular complexity index is 1240. The van der Waals surface area contributed by atoms with Gasteiger partial charge in [-0.25, -0.2) is 0 Å². The number of hydrogen-bond acceptors (Lipinski definition) is 9. The molecule has 12 heteroatoms. The van der Waals surface area contributed by atoms with E-state index in [-0.39, 0.29) is 42.1 Å². The zero-order valence-corrected chi connectivity index (χ0v) is 22.4. The van der Waals surface area contributed by atoms with E-state index in [1.165, 1.54) is 26.4 Å². The molecule has 3 aliphatic rings. The number of benzene rings is 2. The predicted octanol–water partition coefficient (Wildman–Crippen LogP) is 0.923. The maximum Gasteiger partial charge on any atom is 0.488 e. The van der Waals surface area contributed by atoms with Crippen LogP contribution in [0.4, 0.5) is 5.69 Å². The van der Waals surface area contributed by atoms with Crippen LogP contribution in [0, 0.1) is 27.2 Å². The quantitative estimate of drug-likeness (QED) is 0.210. The Balaban J connectivity index is 1.53. The van der Waals surface area contributed by atoms with Gasteiger partial charge in [-0.15, -0.1) is 0 Å². The molecule has 0 spiro atoms. The van der Waals surface area contributed by atoms with E-state index in [9.17, 15) is 29.9 Å². The molecule has 3 fully saturated rings. The van der Waals surface area contributed by atoms with Crippen LogP contribution in [0.3, 0.4) is 0 Å². The lowest BCUT2D eigenvalue weighted by atomic mass is 9.64. The van der Waals surface area contributed by atoms with Crippen LogP contribution in [-0.2, 0) is 19.1 Å². The molecule has 2 aliphatic heterocycles. The van der Waals surface area contributed by atoms with E-state index in [4.69, 9.17) is 14.2 Å². The summed E-state index contributed by atoms with van der Waals surface area (Å²) in [6.07, 6.45) is -0.150. The van der Waals surface area contributed by atoms with Gasteiger partial charge in [-0.1, -0.05) is 12.1 Å². The molecule has 0 aromatic heterocycles. The number of ether oxygens (including phenoxy) is 3. The molecule has 2 aromatic rings. The number of aromatic hydroxyl groups is 1. The van der Waals surface area contributed by atoms with Crippen molar-refractivity contribution in [2.24, 2.45) is 23.7 Å². The molecule has 10 nitrogen and oxygen atoms in total. The highest BCUT2D eigenvalue weighted by molar-refractivity contribution is 14.1. The number of amides is 2. The maximum atomic E-state index is 13.8. The fourth-order valence-electron chi connectivity index (χ4n) is 6.10. The molecule has 1 aliphatic carbocycles. The van der Waals surface area contributed by atoms with E-state index >= 15 is 0 Å². The Hall–Kier alpha value is -2.23. The van der Waals surface area contributed by atoms with E-state index in [1.54, 1.807) is 24.3 Å². The van der Waals surface area contributed by atoms with E-state index < -0.39 is 54.5 Å². The molecule has 0 radical (unpaired) electrons. The predicted molar refractivity (Wildman–Crippen MR) is 140 cm³/mol. The standard InChI is InChI=1S/C25H27BINO9/c1-35-11-13-8-16-21(24(31)28(23(16)30)15-5-3-4-14(9-15)26(33)34)17-10-19(37-25(13,17)32)12-6-18(27)22(29)20(7-12)36-2/h3-7,9,13,16-17,19,21,29,32-34H,8,10-11H2,1-2H3/t13-,16+,17+,19+,21+,25-/m1/s1. The number of methoxy groups -OCH3 is 2. The van der Waals surface area contributed by atoms with E-state index in [0.717, 1.165) is 4.90 Å². The molecule has 5 rings (SSSR count). The molecule has 37 heavy (non-hydrogen) atoms. The second kappa shape index (κ2) is 9.82. The lowest BCUT2D eigenvalue weighted by Crippen LogP contribution is -2.54. The summed E-state index contributed by atoms with van der Waals surface area (Å²) in [5, 5.41) is 41.3. The maximum absolute atomic E-state index is 13.8. The third-order valence-electron chi connectivity index (χ3n) is 7.80. The molecule has 2 saturated heterocycles. The van der Waals surface area contributed by atoms with Gasteiger partial charge in [0.2, 0.25) is 11.8 Å². The summed E-state index contributed by atoms with van der Waals surface area (Å²) in [6, 6.07) is 9.39. The zero-order valence-electron chi connectivity index (χ0n) is 20.2. The van der Waals surface area contributed by atoms with Crippen LogP contribution in [0.2, 0.25) is 0 Å². The zero-order chi connectivity index (χ0) is 26.6. The summed E-state index contributed by atoms with van der Waals surface area (Å²) < 4.78 is 17.5. The Morgan fingerprint density at radius 1 is 1.16 bits per heavy atom. The highest BCUT2D eigenvalue weighted by Crippen LogP contribution is 2.59. The van der Waals surface area contributed by atoms with Gasteiger partial charge in [0.15, 0.2) is 17.3 Å². The largest absolute Gasteiger partial charge is 0.504 e. The van der Waals surface area contributed by atoms with Gasteiger partial charge in [0, 0.05) is 18.9 Å². The third kappa shape index (κ3) is 4.23. The van der Waals surface area contributed by atoms with Crippen molar-refractivity contribution in [3.05, 3.63) is 45.5 Å². The minimum Gasteiger partial charge on any atom is -0.504 e. The lowest BCUT2D eigenvalue weighted by molar-refractivity contribution is -0.275. The lowest BCUT2D eigenvalue weighted by Gasteiger charge is -2.44. The van der Waals surface area contributed by atoms with Crippen molar-refractivity contribution in [3.8, 4) is 11.5 Å². The second-order valence-electron chi connectivity index (χ2n) is 9.75. The summed E-state index contributed by atoms with van der Waals surface area (Å²) >= 11 is 1.99. The number of hydrogen-bond donors (Lipinski definition) is 4. The van der Waals surface area contributed by atoms with Crippen LogP contribution < -0.4 is 15.1 Å². The van der Waals surface area contributed by atoms with Crippen molar-refractivity contribution in [1.82, 2.24) is 0 Å². The van der Waals surface area contributed by atoms with Crippen LogP contribution in [-0.4, -0.2) is 65.8 Å². The first-order chi connectivity index (χ1) is 17.6. The first-order valence-electron chi connectivity index (χ1n) is 11.9. The molecular formula is C25H27BINO9. The van der Waals surface area contributed by atoms with E-state index in [2.05, 4.69) is 0 Å². The van der Waals surface area contributed by atoms with Crippen LogP contribution in [0.5, 0.6) is 11.5 Å². The Kier molecular flexibility index (Phi) is 7.00. The third-order valence-corrected chi connectivity index (χ3v) is 8.62. The van der Waals surface area contributed by atoms with Gasteiger partial charge < -0.3 is 34.5 Å². The topological polar surface area (TPSA) is 146 Å². The van der Waals surface area contributed by atoms with Crippen LogP contribution >= 0.6 is 22.6 Å². The smallest absolute Gasteiger partial charge is 0.488 e. The number of aliphatic hydroxyl groups is 1. The molecule has 2 heterocycles. The number of carbonyl (C=O) groups excluding carboxylic acids is 2. The van der Waals surface area contributed by atoms with Gasteiger partial charge in [-0.3, -0.25) is 14.5 Å². The number of nitrogens with zero attached hydrogens (tertiary/aromatic N) is 1. The van der Waals surface area contributed by atoms with Crippen molar-refractivity contribution in [3.63, 3.8) is 0 Å². The van der Waals surface area contributed by atoms with Gasteiger partial charge in [-0.05, 0) is 70.7 Å². The number of imide groups is 1. The van der Waals surface area contributed by atoms with Gasteiger partial charge in [-0.2, -0.15) is 0 Å². The van der Waals surface area contributed by atoms with Crippen molar-refractivity contribution < 1.29 is 44.1 Å². The monoisotopic (exact) mass is 623 g/mol. The number of anilines is 1. The minimum atomic E-state index is -1.75. The van der Waals surface area contributed by atoms with Crippen LogP contribution in [0.15, 0.2) is 36.4 Å². The fourth-order valence-corrected chi connectivity index (χ4v) is 6.72. The number of halogens is 1. The molecule has 2 amide bonds. The summed E-state index contributed by atoms with van der Waals surface area (Å²) in [5.41, 5.74) is 1.07. The van der Waals surface area contributed by atoms with Crippen molar-refractivity contribution in [2.75, 3.05) is 25.7 Å². The SMILES string of the molecule is COC[C@H]1C[C@@H]2C(=O)N(c3cccc(B(O)O)c3)C(=O)[C@@H]2[C@@H]2C[C@@H](c3cc(I)c(O)c(OC)c3)O[C@]12O. The molecule has 4 N–H and O–H groups in total. The van der Waals surface area contributed by atoms with Gasteiger partial charge >= 0.3 is 7.12 Å². The number of fused-ring (bicyclic) bond motifs is 3. The second-order valence-corrected chi connectivity index (χ2v) is 10.9. The number of phenolic OH excluding ortho intramolecular Hbond substituents is 1. The van der Waals surface area contributed by atoms with E-state index in [0.29, 0.717) is 9.13 Å². The summed E-state index contributed by atoms with van der Waals surface area (Å²) in [4.78, 5) is 28.4. The van der Waals surface area contributed by atoms with Crippen molar-refractivity contribution in [2.45, 2.75) is 24.7 Å². The number of rotatable bonds is 6. The fraction of sp³-hybridized carbons (Fsp3) is 0.440. The average Bonchev–Trinajstić information content (AvgIpc) is 3.35. The van der Waals surface area contributed by atoms with E-state index in [1.807, 2.05) is 22.6 Å². The van der Waals surface area contributed by atoms with Crippen LogP contribution in [0.25, 0.3) is 0 Å². The molecule has 6 atom stereocenters. The molecule has 0 bridgehead atoms. The molecule has 0 unspecified atom stereocenters. The summed E-state index contributed by atoms with van der Waals surface area (Å²) in [6.45, 7) is 0.132. The first-order valence-corrected chi connectivity index (χ1v) is 13.0. The number of carbonyl (C=O) groups is 2. The van der Waals surface area contributed by atoms with Crippen LogP contribution in [0.1, 0.15) is 24.5 Å². The highest BCUT2D eigenvalue weighted by atomic mass is 127. The van der Waals surface area contributed by atoms with Crippen molar-refractivity contribution in [1.29, 1.82) is 0 Å². The summed E-state index contributed by atoms with van der Waals surface area (Å²) in [7, 11) is 1.20. The first kappa shape index (κ1) is 26.4. The molecule has 196 valence electrons. The normalized spacial score (nSPS) is 30.9. The van der Waals surface area contributed by atoms with Gasteiger partial charge in [0.25, 0.3) is 0 Å². The molecular weight excluding hydrogens is 596 g/mol. The Morgan fingerprint density at radius 2 is 1.92 bits per heavy atom. The Labute approximate surface area is 227 Å².